The Labute approximate surface area is 189 Å². The predicted octanol–water partition coefficient (Wildman–Crippen LogP) is 4.21. The van der Waals surface area contributed by atoms with Gasteiger partial charge >= 0.3 is 0 Å². The Bertz CT molecular complexity index is 1150. The lowest BCUT2D eigenvalue weighted by Crippen LogP contribution is -2.41. The molecule has 3 aliphatic rings. The van der Waals surface area contributed by atoms with Crippen molar-refractivity contribution in [3.63, 3.8) is 0 Å². The number of carbonyl (C=O) groups excluding carboxylic acids is 1. The summed E-state index contributed by atoms with van der Waals surface area (Å²) in [6.45, 7) is 2.70. The molecule has 3 aromatic rings. The van der Waals surface area contributed by atoms with Crippen LogP contribution in [0.4, 0.5) is 0 Å². The number of hydrogen-bond acceptors (Lipinski definition) is 4. The topological polar surface area (TPSA) is 63.9 Å². The fraction of sp³-hybridized carbons (Fsp3) is 0.538. The Balaban J connectivity index is 1.26. The van der Waals surface area contributed by atoms with E-state index >= 15 is 0 Å². The Morgan fingerprint density at radius 3 is 2.81 bits per heavy atom. The molecule has 2 aliphatic carbocycles. The first kappa shape index (κ1) is 19.9. The largest absolute Gasteiger partial charge is 0.338 e. The molecule has 1 aromatic carbocycles. The van der Waals surface area contributed by atoms with Crippen LogP contribution in [0.5, 0.6) is 0 Å². The van der Waals surface area contributed by atoms with Crippen molar-refractivity contribution in [1.82, 2.24) is 24.6 Å². The number of piperidine rings is 1. The highest BCUT2D eigenvalue weighted by atomic mass is 16.2. The van der Waals surface area contributed by atoms with Crippen LogP contribution in [0.3, 0.4) is 0 Å². The molecule has 1 atom stereocenters. The van der Waals surface area contributed by atoms with Gasteiger partial charge in [-0.1, -0.05) is 18.2 Å². The average Bonchev–Trinajstić information content (AvgIpc) is 3.55. The van der Waals surface area contributed by atoms with Crippen LogP contribution in [-0.2, 0) is 25.8 Å². The van der Waals surface area contributed by atoms with E-state index in [1.54, 1.807) is 0 Å². The molecule has 1 unspecified atom stereocenters. The maximum Gasteiger partial charge on any atom is 0.254 e. The Hall–Kier alpha value is -2.76. The molecule has 2 fully saturated rings. The fourth-order valence-corrected chi connectivity index (χ4v) is 5.62. The molecular weight excluding hydrogens is 398 g/mol. The van der Waals surface area contributed by atoms with Gasteiger partial charge in [0.05, 0.1) is 11.1 Å². The number of likely N-dealkylation sites (tertiary alicyclic amines) is 1. The van der Waals surface area contributed by atoms with Gasteiger partial charge in [-0.2, -0.15) is 0 Å². The summed E-state index contributed by atoms with van der Waals surface area (Å²) in [6, 6.07) is 8.17. The van der Waals surface area contributed by atoms with Crippen molar-refractivity contribution in [2.24, 2.45) is 11.8 Å². The SMILES string of the molecule is O=C(c1c2c(nc3ccccc13)CCCC2)N1CCCC(Cc2nncn2CC2CC2)C1. The van der Waals surface area contributed by atoms with Gasteiger partial charge in [-0.05, 0) is 74.8 Å². The third-order valence-corrected chi connectivity index (χ3v) is 7.51. The Morgan fingerprint density at radius 2 is 1.91 bits per heavy atom. The lowest BCUT2D eigenvalue weighted by molar-refractivity contribution is 0.0672. The Kier molecular flexibility index (Phi) is 5.16. The minimum atomic E-state index is 0.200. The predicted molar refractivity (Wildman–Crippen MR) is 123 cm³/mol. The van der Waals surface area contributed by atoms with Gasteiger partial charge in [0.15, 0.2) is 0 Å². The molecule has 0 bridgehead atoms. The van der Waals surface area contributed by atoms with E-state index in [0.29, 0.717) is 5.92 Å². The van der Waals surface area contributed by atoms with Gasteiger partial charge in [-0.15, -0.1) is 10.2 Å². The van der Waals surface area contributed by atoms with Crippen molar-refractivity contribution >= 4 is 16.8 Å². The Morgan fingerprint density at radius 1 is 1.03 bits per heavy atom. The number of aryl methyl sites for hydroxylation is 1. The number of rotatable bonds is 5. The van der Waals surface area contributed by atoms with Crippen molar-refractivity contribution < 1.29 is 4.79 Å². The zero-order chi connectivity index (χ0) is 21.5. The number of para-hydroxylation sites is 1. The summed E-state index contributed by atoms with van der Waals surface area (Å²) in [6.07, 6.45) is 11.9. The summed E-state index contributed by atoms with van der Waals surface area (Å²) in [5.41, 5.74) is 4.22. The van der Waals surface area contributed by atoms with Gasteiger partial charge in [-0.25, -0.2) is 0 Å². The molecular formula is C26H31N5O. The first-order valence-corrected chi connectivity index (χ1v) is 12.3. The minimum Gasteiger partial charge on any atom is -0.338 e. The number of nitrogens with zero attached hydrogens (tertiary/aromatic N) is 5. The molecule has 1 saturated heterocycles. The van der Waals surface area contributed by atoms with Crippen molar-refractivity contribution in [1.29, 1.82) is 0 Å². The number of carbonyl (C=O) groups is 1. The molecule has 0 N–H and O–H groups in total. The first-order chi connectivity index (χ1) is 15.8. The molecule has 0 radical (unpaired) electrons. The second-order valence-corrected chi connectivity index (χ2v) is 9.94. The van der Waals surface area contributed by atoms with Crippen LogP contribution in [0.25, 0.3) is 10.9 Å². The second-order valence-electron chi connectivity index (χ2n) is 9.94. The standard InChI is InChI=1S/C26H31N5O/c32-26(25-20-7-1-3-9-22(20)28-23-10-4-2-8-21(23)25)30-13-5-6-19(16-30)14-24-29-27-17-31(24)15-18-11-12-18/h1,3,7,9,17-19H,2,4-6,8,10-16H2. The number of amides is 1. The summed E-state index contributed by atoms with van der Waals surface area (Å²) in [5.74, 6) is 2.54. The van der Waals surface area contributed by atoms with E-state index in [1.807, 2.05) is 24.5 Å². The van der Waals surface area contributed by atoms with Gasteiger partial charge in [0.25, 0.3) is 5.91 Å². The van der Waals surface area contributed by atoms with E-state index in [9.17, 15) is 4.79 Å². The van der Waals surface area contributed by atoms with Gasteiger partial charge in [-0.3, -0.25) is 9.78 Å². The minimum absolute atomic E-state index is 0.200. The number of fused-ring (bicyclic) bond motifs is 2. The zero-order valence-corrected chi connectivity index (χ0v) is 18.7. The summed E-state index contributed by atoms with van der Waals surface area (Å²) in [7, 11) is 0. The quantitative estimate of drug-likeness (QED) is 0.609. The first-order valence-electron chi connectivity index (χ1n) is 12.3. The van der Waals surface area contributed by atoms with E-state index in [1.165, 1.54) is 24.8 Å². The number of pyridine rings is 1. The maximum absolute atomic E-state index is 13.9. The molecule has 1 saturated carbocycles. The molecule has 166 valence electrons. The van der Waals surface area contributed by atoms with Crippen LogP contribution in [0, 0.1) is 11.8 Å². The summed E-state index contributed by atoms with van der Waals surface area (Å²) in [5, 5.41) is 9.62. The van der Waals surface area contributed by atoms with Crippen molar-refractivity contribution in [3.8, 4) is 0 Å². The molecule has 3 heterocycles. The third-order valence-electron chi connectivity index (χ3n) is 7.51. The van der Waals surface area contributed by atoms with E-state index < -0.39 is 0 Å². The summed E-state index contributed by atoms with van der Waals surface area (Å²) >= 11 is 0. The molecule has 32 heavy (non-hydrogen) atoms. The lowest BCUT2D eigenvalue weighted by atomic mass is 9.88. The average molecular weight is 430 g/mol. The lowest BCUT2D eigenvalue weighted by Gasteiger charge is -2.34. The van der Waals surface area contributed by atoms with Crippen LogP contribution in [0.1, 0.15) is 66.0 Å². The normalized spacial score (nSPS) is 21.0. The van der Waals surface area contributed by atoms with Crippen LogP contribution in [-0.4, -0.2) is 43.6 Å². The molecule has 6 heteroatoms. The van der Waals surface area contributed by atoms with Gasteiger partial charge in [0.2, 0.25) is 0 Å². The van der Waals surface area contributed by atoms with E-state index in [4.69, 9.17) is 4.98 Å². The third kappa shape index (κ3) is 3.80. The van der Waals surface area contributed by atoms with Gasteiger partial charge in [0.1, 0.15) is 12.2 Å². The second kappa shape index (κ2) is 8.30. The van der Waals surface area contributed by atoms with Crippen LogP contribution in [0.2, 0.25) is 0 Å². The molecule has 2 aromatic heterocycles. The molecule has 6 nitrogen and oxygen atoms in total. The molecule has 0 spiro atoms. The van der Waals surface area contributed by atoms with Crippen molar-refractivity contribution in [2.75, 3.05) is 13.1 Å². The molecule has 1 aliphatic heterocycles. The van der Waals surface area contributed by atoms with Crippen LogP contribution in [0.15, 0.2) is 30.6 Å². The molecule has 6 rings (SSSR count). The van der Waals surface area contributed by atoms with E-state index in [0.717, 1.165) is 92.1 Å². The number of hydrogen-bond donors (Lipinski definition) is 0. The van der Waals surface area contributed by atoms with Crippen molar-refractivity contribution in [3.05, 3.63) is 53.2 Å². The van der Waals surface area contributed by atoms with Crippen LogP contribution >= 0.6 is 0 Å². The van der Waals surface area contributed by atoms with Gasteiger partial charge in [0, 0.05) is 37.1 Å². The highest BCUT2D eigenvalue weighted by molar-refractivity contribution is 6.07. The van der Waals surface area contributed by atoms with E-state index in [-0.39, 0.29) is 5.91 Å². The van der Waals surface area contributed by atoms with Gasteiger partial charge < -0.3 is 9.47 Å². The van der Waals surface area contributed by atoms with E-state index in [2.05, 4.69) is 25.7 Å². The number of aromatic nitrogens is 4. The fourth-order valence-electron chi connectivity index (χ4n) is 5.62. The summed E-state index contributed by atoms with van der Waals surface area (Å²) in [4.78, 5) is 20.9. The zero-order valence-electron chi connectivity index (χ0n) is 18.7. The van der Waals surface area contributed by atoms with Crippen molar-refractivity contribution in [2.45, 2.75) is 64.3 Å². The molecule has 1 amide bonds. The highest BCUT2D eigenvalue weighted by Crippen LogP contribution is 2.33. The van der Waals surface area contributed by atoms with Crippen LogP contribution < -0.4 is 0 Å². The maximum atomic E-state index is 13.9. The smallest absolute Gasteiger partial charge is 0.254 e. The highest BCUT2D eigenvalue weighted by Gasteiger charge is 2.30. The monoisotopic (exact) mass is 429 g/mol. The summed E-state index contributed by atoms with van der Waals surface area (Å²) < 4.78 is 2.24. The number of benzene rings is 1.